The zero-order chi connectivity index (χ0) is 15.3. The standard InChI is InChI=1S/C16H21BN2O2/c1-15(2)16(3,4)21-17(20-15)13-11-18-19(5)14(13)12-9-7-6-8-10-12/h6-11H,1-5H3. The van der Waals surface area contributed by atoms with Crippen molar-refractivity contribution < 1.29 is 9.31 Å². The maximum atomic E-state index is 6.15. The van der Waals surface area contributed by atoms with Crippen LogP contribution in [-0.2, 0) is 16.4 Å². The molecule has 21 heavy (non-hydrogen) atoms. The first-order valence-corrected chi connectivity index (χ1v) is 7.25. The molecule has 5 heteroatoms. The quantitative estimate of drug-likeness (QED) is 0.794. The molecule has 0 radical (unpaired) electrons. The number of benzene rings is 1. The molecule has 4 nitrogen and oxygen atoms in total. The molecule has 0 spiro atoms. The Morgan fingerprint density at radius 1 is 1.00 bits per heavy atom. The van der Waals surface area contributed by atoms with E-state index in [2.05, 4.69) is 44.9 Å². The molecule has 0 bridgehead atoms. The molecule has 1 fully saturated rings. The molecule has 0 N–H and O–H groups in total. The summed E-state index contributed by atoms with van der Waals surface area (Å²) in [6, 6.07) is 10.2. The van der Waals surface area contributed by atoms with Gasteiger partial charge in [0, 0.05) is 18.7 Å². The molecule has 0 aliphatic carbocycles. The molecule has 0 atom stereocenters. The molecule has 110 valence electrons. The number of aromatic nitrogens is 2. The highest BCUT2D eigenvalue weighted by Crippen LogP contribution is 2.37. The average molecular weight is 284 g/mol. The molecule has 1 aliphatic heterocycles. The van der Waals surface area contributed by atoms with Crippen LogP contribution in [0.2, 0.25) is 0 Å². The fourth-order valence-corrected chi connectivity index (χ4v) is 2.55. The third-order valence-electron chi connectivity index (χ3n) is 4.52. The van der Waals surface area contributed by atoms with Crippen LogP contribution in [0.1, 0.15) is 27.7 Å². The predicted octanol–water partition coefficient (Wildman–Crippen LogP) is 2.39. The molecule has 0 amide bonds. The van der Waals surface area contributed by atoms with Crippen molar-refractivity contribution in [3.05, 3.63) is 36.5 Å². The van der Waals surface area contributed by atoms with Gasteiger partial charge < -0.3 is 9.31 Å². The molecule has 1 aromatic heterocycles. The number of hydrogen-bond acceptors (Lipinski definition) is 3. The molecule has 0 unspecified atom stereocenters. The molecular formula is C16H21BN2O2. The summed E-state index contributed by atoms with van der Waals surface area (Å²) in [4.78, 5) is 0. The van der Waals surface area contributed by atoms with Crippen molar-refractivity contribution in [3.63, 3.8) is 0 Å². The van der Waals surface area contributed by atoms with Gasteiger partial charge in [-0.05, 0) is 33.3 Å². The van der Waals surface area contributed by atoms with E-state index in [1.54, 1.807) is 0 Å². The van der Waals surface area contributed by atoms with E-state index in [0.717, 1.165) is 16.7 Å². The van der Waals surface area contributed by atoms with Gasteiger partial charge in [0.1, 0.15) is 0 Å². The fraction of sp³-hybridized carbons (Fsp3) is 0.438. The Balaban J connectivity index is 2.03. The fourth-order valence-electron chi connectivity index (χ4n) is 2.55. The summed E-state index contributed by atoms with van der Waals surface area (Å²) in [5.74, 6) is 0. The Morgan fingerprint density at radius 3 is 2.14 bits per heavy atom. The van der Waals surface area contributed by atoms with Gasteiger partial charge in [0.25, 0.3) is 0 Å². The Kier molecular flexibility index (Phi) is 3.22. The minimum atomic E-state index is -0.390. The molecule has 3 rings (SSSR count). The second-order valence-electron chi connectivity index (χ2n) is 6.53. The van der Waals surface area contributed by atoms with Crippen LogP contribution < -0.4 is 5.46 Å². The SMILES string of the molecule is Cn1ncc(B2OC(C)(C)C(C)(C)O2)c1-c1ccccc1. The molecular weight excluding hydrogens is 263 g/mol. The highest BCUT2D eigenvalue weighted by Gasteiger charge is 2.52. The Hall–Kier alpha value is -1.59. The van der Waals surface area contributed by atoms with Crippen LogP contribution in [0, 0.1) is 0 Å². The number of rotatable bonds is 2. The Bertz CT molecular complexity index is 634. The van der Waals surface area contributed by atoms with Crippen LogP contribution >= 0.6 is 0 Å². The van der Waals surface area contributed by atoms with Crippen molar-refractivity contribution in [2.45, 2.75) is 38.9 Å². The third kappa shape index (κ3) is 2.30. The van der Waals surface area contributed by atoms with E-state index in [4.69, 9.17) is 9.31 Å². The van der Waals surface area contributed by atoms with E-state index in [1.165, 1.54) is 0 Å². The van der Waals surface area contributed by atoms with Crippen LogP contribution in [0.3, 0.4) is 0 Å². The largest absolute Gasteiger partial charge is 0.498 e. The van der Waals surface area contributed by atoms with E-state index in [1.807, 2.05) is 36.1 Å². The van der Waals surface area contributed by atoms with Gasteiger partial charge in [-0.3, -0.25) is 4.68 Å². The second kappa shape index (κ2) is 4.72. The van der Waals surface area contributed by atoms with Gasteiger partial charge in [0.15, 0.2) is 0 Å². The maximum absolute atomic E-state index is 6.15. The zero-order valence-electron chi connectivity index (χ0n) is 13.3. The molecule has 0 saturated carbocycles. The van der Waals surface area contributed by atoms with E-state index in [9.17, 15) is 0 Å². The van der Waals surface area contributed by atoms with Crippen LogP contribution in [0.5, 0.6) is 0 Å². The predicted molar refractivity (Wildman–Crippen MR) is 84.4 cm³/mol. The van der Waals surface area contributed by atoms with Gasteiger partial charge in [0.05, 0.1) is 16.9 Å². The average Bonchev–Trinajstić information content (AvgIpc) is 2.89. The summed E-state index contributed by atoms with van der Waals surface area (Å²) < 4.78 is 14.2. The van der Waals surface area contributed by atoms with Crippen LogP contribution in [0.4, 0.5) is 0 Å². The first-order valence-electron chi connectivity index (χ1n) is 7.25. The lowest BCUT2D eigenvalue weighted by atomic mass is 9.78. The highest BCUT2D eigenvalue weighted by atomic mass is 16.7. The van der Waals surface area contributed by atoms with Crippen molar-refractivity contribution in [1.82, 2.24) is 9.78 Å². The molecule has 1 saturated heterocycles. The summed E-state index contributed by atoms with van der Waals surface area (Å²) >= 11 is 0. The van der Waals surface area contributed by atoms with Gasteiger partial charge >= 0.3 is 7.12 Å². The van der Waals surface area contributed by atoms with Crippen LogP contribution in [-0.4, -0.2) is 28.1 Å². The lowest BCUT2D eigenvalue weighted by Crippen LogP contribution is -2.41. The van der Waals surface area contributed by atoms with Gasteiger partial charge in [-0.15, -0.1) is 0 Å². The Morgan fingerprint density at radius 2 is 1.57 bits per heavy atom. The van der Waals surface area contributed by atoms with Crippen molar-refractivity contribution in [2.24, 2.45) is 7.05 Å². The van der Waals surface area contributed by atoms with E-state index < -0.39 is 0 Å². The molecule has 1 aliphatic rings. The number of aryl methyl sites for hydroxylation is 1. The second-order valence-corrected chi connectivity index (χ2v) is 6.53. The first-order chi connectivity index (χ1) is 9.82. The van der Waals surface area contributed by atoms with Gasteiger partial charge in [-0.2, -0.15) is 5.10 Å². The number of nitrogens with zero attached hydrogens (tertiary/aromatic N) is 2. The van der Waals surface area contributed by atoms with Crippen molar-refractivity contribution in [2.75, 3.05) is 0 Å². The van der Waals surface area contributed by atoms with Crippen molar-refractivity contribution >= 4 is 12.6 Å². The lowest BCUT2D eigenvalue weighted by Gasteiger charge is -2.32. The first kappa shape index (κ1) is 14.4. The molecule has 2 heterocycles. The summed E-state index contributed by atoms with van der Waals surface area (Å²) in [7, 11) is 1.55. The minimum absolute atomic E-state index is 0.346. The summed E-state index contributed by atoms with van der Waals surface area (Å²) in [5.41, 5.74) is 2.43. The maximum Gasteiger partial charge on any atom is 0.498 e. The summed E-state index contributed by atoms with van der Waals surface area (Å²) in [6.07, 6.45) is 1.84. The van der Waals surface area contributed by atoms with Crippen molar-refractivity contribution in [3.8, 4) is 11.3 Å². The van der Waals surface area contributed by atoms with E-state index in [-0.39, 0.29) is 18.3 Å². The van der Waals surface area contributed by atoms with Crippen LogP contribution in [0.25, 0.3) is 11.3 Å². The van der Waals surface area contributed by atoms with E-state index in [0.29, 0.717) is 0 Å². The normalized spacial score (nSPS) is 20.0. The third-order valence-corrected chi connectivity index (χ3v) is 4.52. The molecule has 1 aromatic carbocycles. The number of hydrogen-bond donors (Lipinski definition) is 0. The summed E-state index contributed by atoms with van der Waals surface area (Å²) in [5, 5.41) is 4.39. The lowest BCUT2D eigenvalue weighted by molar-refractivity contribution is 0.00578. The van der Waals surface area contributed by atoms with Crippen LogP contribution in [0.15, 0.2) is 36.5 Å². The smallest absolute Gasteiger partial charge is 0.399 e. The summed E-state index contributed by atoms with van der Waals surface area (Å²) in [6.45, 7) is 8.24. The zero-order valence-corrected chi connectivity index (χ0v) is 13.3. The topological polar surface area (TPSA) is 36.3 Å². The highest BCUT2D eigenvalue weighted by molar-refractivity contribution is 6.63. The van der Waals surface area contributed by atoms with E-state index >= 15 is 0 Å². The monoisotopic (exact) mass is 284 g/mol. The molecule has 2 aromatic rings. The van der Waals surface area contributed by atoms with Gasteiger partial charge in [0.2, 0.25) is 0 Å². The Labute approximate surface area is 126 Å². The minimum Gasteiger partial charge on any atom is -0.399 e. The van der Waals surface area contributed by atoms with Gasteiger partial charge in [-0.1, -0.05) is 30.3 Å². The van der Waals surface area contributed by atoms with Crippen molar-refractivity contribution in [1.29, 1.82) is 0 Å². The van der Waals surface area contributed by atoms with Gasteiger partial charge in [-0.25, -0.2) is 0 Å².